The third-order valence-electron chi connectivity index (χ3n) is 3.15. The molecule has 1 aliphatic rings. The Kier molecular flexibility index (Phi) is 4.62. The van der Waals surface area contributed by atoms with Gasteiger partial charge in [0.25, 0.3) is 5.56 Å². The smallest absolute Gasteiger partial charge is 0.268 e. The van der Waals surface area contributed by atoms with Crippen LogP contribution in [0.3, 0.4) is 0 Å². The van der Waals surface area contributed by atoms with Crippen molar-refractivity contribution < 1.29 is 4.74 Å². The number of anilines is 1. The van der Waals surface area contributed by atoms with Gasteiger partial charge in [-0.3, -0.25) is 4.79 Å². The molecule has 0 saturated carbocycles. The van der Waals surface area contributed by atoms with Gasteiger partial charge in [-0.2, -0.15) is 5.10 Å². The molecule has 6 heteroatoms. The zero-order valence-electron chi connectivity index (χ0n) is 11.4. The quantitative estimate of drug-likeness (QED) is 0.788. The molecule has 0 unspecified atom stereocenters. The van der Waals surface area contributed by atoms with Crippen molar-refractivity contribution in [2.45, 2.75) is 32.4 Å². The molecular weight excluding hydrogens is 310 g/mol. The number of nitrogens with zero attached hydrogens (tertiary/aromatic N) is 3. The largest absolute Gasteiger partial charge is 0.372 e. The molecular formula is C13H20BrN3O2. The Morgan fingerprint density at radius 3 is 2.95 bits per heavy atom. The fraction of sp³-hybridized carbons (Fsp3) is 0.692. The Balaban J connectivity index is 2.13. The van der Waals surface area contributed by atoms with Crippen molar-refractivity contribution in [2.75, 3.05) is 29.9 Å². The van der Waals surface area contributed by atoms with Crippen molar-refractivity contribution in [3.05, 3.63) is 22.6 Å². The van der Waals surface area contributed by atoms with Gasteiger partial charge in [-0.15, -0.1) is 0 Å². The van der Waals surface area contributed by atoms with E-state index in [4.69, 9.17) is 4.74 Å². The van der Waals surface area contributed by atoms with Gasteiger partial charge in [-0.25, -0.2) is 4.68 Å². The van der Waals surface area contributed by atoms with Gasteiger partial charge in [-0.1, -0.05) is 15.9 Å². The van der Waals surface area contributed by atoms with Gasteiger partial charge in [0.1, 0.15) is 0 Å². The highest BCUT2D eigenvalue weighted by atomic mass is 79.9. The number of hydrogen-bond donors (Lipinski definition) is 0. The number of alkyl halides is 1. The topological polar surface area (TPSA) is 47.4 Å². The first kappa shape index (κ1) is 14.5. The summed E-state index contributed by atoms with van der Waals surface area (Å²) >= 11 is 3.36. The van der Waals surface area contributed by atoms with Gasteiger partial charge in [0.05, 0.1) is 24.1 Å². The summed E-state index contributed by atoms with van der Waals surface area (Å²) in [6.07, 6.45) is 2.67. The average molecular weight is 330 g/mol. The lowest BCUT2D eigenvalue weighted by atomic mass is 10.1. The average Bonchev–Trinajstić information content (AvgIpc) is 2.36. The minimum atomic E-state index is -0.178. The Labute approximate surface area is 121 Å². The van der Waals surface area contributed by atoms with E-state index in [1.165, 1.54) is 4.68 Å². The maximum absolute atomic E-state index is 12.0. The lowest BCUT2D eigenvalue weighted by Crippen LogP contribution is -2.48. The third kappa shape index (κ3) is 3.79. The van der Waals surface area contributed by atoms with E-state index >= 15 is 0 Å². The monoisotopic (exact) mass is 329 g/mol. The van der Waals surface area contributed by atoms with Crippen LogP contribution in [0.25, 0.3) is 0 Å². The zero-order chi connectivity index (χ0) is 13.9. The van der Waals surface area contributed by atoms with E-state index in [1.54, 1.807) is 12.3 Å². The number of halogens is 1. The molecule has 0 radical (unpaired) electrons. The summed E-state index contributed by atoms with van der Waals surface area (Å²) in [5.41, 5.74) is 0.669. The minimum Gasteiger partial charge on any atom is -0.372 e. The van der Waals surface area contributed by atoms with Crippen LogP contribution in [0.4, 0.5) is 5.69 Å². The second-order valence-electron chi connectivity index (χ2n) is 5.35. The zero-order valence-corrected chi connectivity index (χ0v) is 13.0. The molecule has 0 atom stereocenters. The van der Waals surface area contributed by atoms with Gasteiger partial charge in [0, 0.05) is 31.0 Å². The molecule has 1 aromatic heterocycles. The number of rotatable bonds is 4. The number of aryl methyl sites for hydroxylation is 1. The van der Waals surface area contributed by atoms with Gasteiger partial charge < -0.3 is 9.64 Å². The van der Waals surface area contributed by atoms with E-state index < -0.39 is 0 Å². The highest BCUT2D eigenvalue weighted by Crippen LogP contribution is 2.21. The molecule has 1 fully saturated rings. The molecule has 106 valence electrons. The molecule has 1 saturated heterocycles. The second kappa shape index (κ2) is 6.05. The lowest BCUT2D eigenvalue weighted by molar-refractivity contribution is -0.0277. The van der Waals surface area contributed by atoms with Crippen LogP contribution in [0.5, 0.6) is 0 Å². The molecule has 0 aromatic carbocycles. The van der Waals surface area contributed by atoms with Crippen molar-refractivity contribution in [3.8, 4) is 0 Å². The normalized spacial score (nSPS) is 18.6. The first-order valence-electron chi connectivity index (χ1n) is 6.54. The summed E-state index contributed by atoms with van der Waals surface area (Å²) in [6, 6.07) is 1.67. The predicted octanol–water partition coefficient (Wildman–Crippen LogP) is 1.64. The van der Waals surface area contributed by atoms with Crippen LogP contribution in [0.15, 0.2) is 17.1 Å². The fourth-order valence-electron chi connectivity index (χ4n) is 2.21. The van der Waals surface area contributed by atoms with E-state index in [2.05, 4.69) is 39.8 Å². The molecule has 2 heterocycles. The molecule has 0 amide bonds. The molecule has 0 bridgehead atoms. The summed E-state index contributed by atoms with van der Waals surface area (Å²) in [6.45, 7) is 7.03. The standard InChI is InChI=1S/C13H20BrN3O2/c1-13(2)10-16(6-7-19-13)11-8-12(18)17(15-9-11)5-3-4-14/h8-9H,3-7,10H2,1-2H3. The summed E-state index contributed by atoms with van der Waals surface area (Å²) in [5, 5.41) is 5.12. The molecule has 1 aromatic rings. The van der Waals surface area contributed by atoms with Crippen LogP contribution in [0.2, 0.25) is 0 Å². The van der Waals surface area contributed by atoms with Crippen LogP contribution in [0.1, 0.15) is 20.3 Å². The van der Waals surface area contributed by atoms with E-state index in [0.717, 1.165) is 30.5 Å². The van der Waals surface area contributed by atoms with Crippen molar-refractivity contribution in [2.24, 2.45) is 0 Å². The van der Waals surface area contributed by atoms with Crippen molar-refractivity contribution in [1.29, 1.82) is 0 Å². The van der Waals surface area contributed by atoms with E-state index in [0.29, 0.717) is 13.2 Å². The van der Waals surface area contributed by atoms with Crippen LogP contribution >= 0.6 is 15.9 Å². The first-order valence-corrected chi connectivity index (χ1v) is 7.66. The van der Waals surface area contributed by atoms with Crippen LogP contribution < -0.4 is 10.5 Å². The molecule has 0 spiro atoms. The van der Waals surface area contributed by atoms with Crippen molar-refractivity contribution >= 4 is 21.6 Å². The summed E-state index contributed by atoms with van der Waals surface area (Å²) in [5.74, 6) is 0. The molecule has 1 aliphatic heterocycles. The van der Waals surface area contributed by atoms with Gasteiger partial charge in [0.15, 0.2) is 0 Å². The van der Waals surface area contributed by atoms with Gasteiger partial charge in [-0.05, 0) is 20.3 Å². The summed E-state index contributed by atoms with van der Waals surface area (Å²) < 4.78 is 7.18. The van der Waals surface area contributed by atoms with E-state index in [-0.39, 0.29) is 11.2 Å². The molecule has 0 N–H and O–H groups in total. The number of aromatic nitrogens is 2. The highest BCUT2D eigenvalue weighted by molar-refractivity contribution is 9.09. The predicted molar refractivity (Wildman–Crippen MR) is 79.2 cm³/mol. The Bertz CT molecular complexity index is 487. The Morgan fingerprint density at radius 2 is 2.32 bits per heavy atom. The van der Waals surface area contributed by atoms with Gasteiger partial charge >= 0.3 is 0 Å². The third-order valence-corrected chi connectivity index (χ3v) is 3.71. The maximum atomic E-state index is 12.0. The summed E-state index contributed by atoms with van der Waals surface area (Å²) in [4.78, 5) is 14.1. The number of ether oxygens (including phenoxy) is 1. The van der Waals surface area contributed by atoms with Crippen molar-refractivity contribution in [3.63, 3.8) is 0 Å². The highest BCUT2D eigenvalue weighted by Gasteiger charge is 2.27. The second-order valence-corrected chi connectivity index (χ2v) is 6.14. The van der Waals surface area contributed by atoms with Crippen LogP contribution in [-0.2, 0) is 11.3 Å². The fourth-order valence-corrected chi connectivity index (χ4v) is 2.46. The Hall–Kier alpha value is -0.880. The molecule has 19 heavy (non-hydrogen) atoms. The maximum Gasteiger partial charge on any atom is 0.268 e. The molecule has 2 rings (SSSR count). The molecule has 5 nitrogen and oxygen atoms in total. The Morgan fingerprint density at radius 1 is 1.53 bits per heavy atom. The van der Waals surface area contributed by atoms with Crippen molar-refractivity contribution in [1.82, 2.24) is 9.78 Å². The minimum absolute atomic E-state index is 0.0391. The summed E-state index contributed by atoms with van der Waals surface area (Å²) in [7, 11) is 0. The SMILES string of the molecule is CC1(C)CN(c2cnn(CCCBr)c(=O)c2)CCO1. The number of morpholine rings is 1. The molecule has 0 aliphatic carbocycles. The first-order chi connectivity index (χ1) is 9.02. The van der Waals surface area contributed by atoms with E-state index in [9.17, 15) is 4.79 Å². The lowest BCUT2D eigenvalue weighted by Gasteiger charge is -2.39. The van der Waals surface area contributed by atoms with Gasteiger partial charge in [0.2, 0.25) is 0 Å². The van der Waals surface area contributed by atoms with Crippen LogP contribution in [0, 0.1) is 0 Å². The van der Waals surface area contributed by atoms with Crippen LogP contribution in [-0.4, -0.2) is 40.4 Å². The van der Waals surface area contributed by atoms with E-state index in [1.807, 2.05) is 0 Å². The number of hydrogen-bond acceptors (Lipinski definition) is 4.